The van der Waals surface area contributed by atoms with Crippen LogP contribution in [-0.2, 0) is 11.2 Å². The number of benzene rings is 1. The maximum absolute atomic E-state index is 10.8. The van der Waals surface area contributed by atoms with Crippen molar-refractivity contribution in [2.24, 2.45) is 4.99 Å². The van der Waals surface area contributed by atoms with Gasteiger partial charge >= 0.3 is 5.97 Å². The minimum Gasteiger partial charge on any atom is -0.426 e. The molecule has 0 aliphatic carbocycles. The number of nitrogens with zero attached hydrogens (tertiary/aromatic N) is 1. The fourth-order valence-electron chi connectivity index (χ4n) is 1.56. The minimum atomic E-state index is -0.277. The van der Waals surface area contributed by atoms with Gasteiger partial charge in [0.2, 0.25) is 0 Å². The van der Waals surface area contributed by atoms with Crippen LogP contribution in [0.4, 0.5) is 0 Å². The number of hydrogen-bond acceptors (Lipinski definition) is 3. The SMILES string of the molecule is CC(=O)Oc1cccc2c1CCN=C2. The Morgan fingerprint density at radius 1 is 1.50 bits per heavy atom. The van der Waals surface area contributed by atoms with E-state index in [9.17, 15) is 4.79 Å². The van der Waals surface area contributed by atoms with Gasteiger partial charge < -0.3 is 4.74 Å². The summed E-state index contributed by atoms with van der Waals surface area (Å²) in [5, 5.41) is 0. The summed E-state index contributed by atoms with van der Waals surface area (Å²) in [6, 6.07) is 5.67. The predicted octanol–water partition coefficient (Wildman–Crippen LogP) is 1.59. The fourth-order valence-corrected chi connectivity index (χ4v) is 1.56. The van der Waals surface area contributed by atoms with Crippen LogP contribution in [0.25, 0.3) is 0 Å². The van der Waals surface area contributed by atoms with E-state index in [4.69, 9.17) is 4.74 Å². The first kappa shape index (κ1) is 8.94. The lowest BCUT2D eigenvalue weighted by atomic mass is 10.0. The highest BCUT2D eigenvalue weighted by Gasteiger charge is 2.11. The van der Waals surface area contributed by atoms with Gasteiger partial charge in [0.15, 0.2) is 0 Å². The molecular weight excluding hydrogens is 178 g/mol. The highest BCUT2D eigenvalue weighted by atomic mass is 16.5. The molecule has 1 aromatic rings. The number of hydrogen-bond donors (Lipinski definition) is 0. The topological polar surface area (TPSA) is 38.7 Å². The fraction of sp³-hybridized carbons (Fsp3) is 0.273. The summed E-state index contributed by atoms with van der Waals surface area (Å²) in [5.74, 6) is 0.391. The number of aliphatic imine (C=N–C) groups is 1. The van der Waals surface area contributed by atoms with Crippen LogP contribution >= 0.6 is 0 Å². The summed E-state index contributed by atoms with van der Waals surface area (Å²) in [4.78, 5) is 15.0. The lowest BCUT2D eigenvalue weighted by Crippen LogP contribution is -2.09. The van der Waals surface area contributed by atoms with Crippen molar-refractivity contribution >= 4 is 12.2 Å². The van der Waals surface area contributed by atoms with Gasteiger partial charge in [0, 0.05) is 25.2 Å². The first-order valence-corrected chi connectivity index (χ1v) is 4.57. The largest absolute Gasteiger partial charge is 0.426 e. The summed E-state index contributed by atoms with van der Waals surface area (Å²) in [7, 11) is 0. The quantitative estimate of drug-likeness (QED) is 0.497. The monoisotopic (exact) mass is 189 g/mol. The Morgan fingerprint density at radius 2 is 2.36 bits per heavy atom. The molecule has 0 bridgehead atoms. The molecule has 1 aliphatic rings. The molecule has 0 amide bonds. The molecule has 0 N–H and O–H groups in total. The highest BCUT2D eigenvalue weighted by molar-refractivity contribution is 5.84. The van der Waals surface area contributed by atoms with Crippen molar-refractivity contribution in [1.29, 1.82) is 0 Å². The van der Waals surface area contributed by atoms with Gasteiger partial charge in [-0.3, -0.25) is 9.79 Å². The van der Waals surface area contributed by atoms with Crippen LogP contribution < -0.4 is 4.74 Å². The van der Waals surface area contributed by atoms with Gasteiger partial charge in [-0.1, -0.05) is 12.1 Å². The van der Waals surface area contributed by atoms with Crippen LogP contribution in [0.1, 0.15) is 18.1 Å². The zero-order chi connectivity index (χ0) is 9.97. The smallest absolute Gasteiger partial charge is 0.308 e. The van der Waals surface area contributed by atoms with E-state index in [2.05, 4.69) is 4.99 Å². The third-order valence-corrected chi connectivity index (χ3v) is 2.14. The van der Waals surface area contributed by atoms with Gasteiger partial charge in [0.25, 0.3) is 0 Å². The number of carbonyl (C=O) groups excluding carboxylic acids is 1. The summed E-state index contributed by atoms with van der Waals surface area (Å²) < 4.78 is 5.11. The molecule has 0 saturated heterocycles. The van der Waals surface area contributed by atoms with Crippen LogP contribution in [0.5, 0.6) is 5.75 Å². The molecule has 72 valence electrons. The molecule has 0 saturated carbocycles. The third-order valence-electron chi connectivity index (χ3n) is 2.14. The van der Waals surface area contributed by atoms with Crippen LogP contribution in [0, 0.1) is 0 Å². The van der Waals surface area contributed by atoms with Gasteiger partial charge in [-0.05, 0) is 18.1 Å². The molecule has 14 heavy (non-hydrogen) atoms. The van der Waals surface area contributed by atoms with Crippen LogP contribution in [-0.4, -0.2) is 18.7 Å². The Bertz CT molecular complexity index is 396. The average molecular weight is 189 g/mol. The van der Waals surface area contributed by atoms with Crippen molar-refractivity contribution in [1.82, 2.24) is 0 Å². The highest BCUT2D eigenvalue weighted by Crippen LogP contribution is 2.24. The van der Waals surface area contributed by atoms with E-state index in [-0.39, 0.29) is 5.97 Å². The molecule has 0 unspecified atom stereocenters. The van der Waals surface area contributed by atoms with E-state index in [0.717, 1.165) is 24.1 Å². The second-order valence-corrected chi connectivity index (χ2v) is 3.20. The molecule has 0 radical (unpaired) electrons. The molecule has 3 heteroatoms. The van der Waals surface area contributed by atoms with Gasteiger partial charge in [0.05, 0.1) is 0 Å². The van der Waals surface area contributed by atoms with Crippen molar-refractivity contribution in [2.75, 3.05) is 6.54 Å². The maximum atomic E-state index is 10.8. The maximum Gasteiger partial charge on any atom is 0.308 e. The number of esters is 1. The molecule has 0 atom stereocenters. The standard InChI is InChI=1S/C11H11NO2/c1-8(13)14-11-4-2-3-9-7-12-6-5-10(9)11/h2-4,7H,5-6H2,1H3. The molecule has 0 aromatic heterocycles. The Morgan fingerprint density at radius 3 is 3.14 bits per heavy atom. The zero-order valence-corrected chi connectivity index (χ0v) is 7.99. The van der Waals surface area contributed by atoms with E-state index in [1.54, 1.807) is 0 Å². The van der Waals surface area contributed by atoms with Gasteiger partial charge in [0.1, 0.15) is 5.75 Å². The number of fused-ring (bicyclic) bond motifs is 1. The van der Waals surface area contributed by atoms with E-state index in [0.29, 0.717) is 5.75 Å². The Hall–Kier alpha value is -1.64. The van der Waals surface area contributed by atoms with Gasteiger partial charge in [-0.15, -0.1) is 0 Å². The summed E-state index contributed by atoms with van der Waals surface area (Å²) in [6.07, 6.45) is 2.67. The number of ether oxygens (including phenoxy) is 1. The zero-order valence-electron chi connectivity index (χ0n) is 7.99. The molecule has 1 aromatic carbocycles. The molecule has 0 spiro atoms. The van der Waals surface area contributed by atoms with Crippen molar-refractivity contribution in [2.45, 2.75) is 13.3 Å². The number of rotatable bonds is 1. The van der Waals surface area contributed by atoms with Crippen molar-refractivity contribution in [3.63, 3.8) is 0 Å². The van der Waals surface area contributed by atoms with E-state index in [1.807, 2.05) is 24.4 Å². The summed E-state index contributed by atoms with van der Waals surface area (Å²) in [5.41, 5.74) is 2.13. The molecule has 1 aliphatic heterocycles. The summed E-state index contributed by atoms with van der Waals surface area (Å²) >= 11 is 0. The van der Waals surface area contributed by atoms with Crippen LogP contribution in [0.2, 0.25) is 0 Å². The van der Waals surface area contributed by atoms with Crippen molar-refractivity contribution in [3.05, 3.63) is 29.3 Å². The molecule has 1 heterocycles. The van der Waals surface area contributed by atoms with Crippen molar-refractivity contribution in [3.8, 4) is 5.75 Å². The second kappa shape index (κ2) is 3.62. The third kappa shape index (κ3) is 1.66. The normalized spacial score (nSPS) is 13.5. The number of carbonyl (C=O) groups is 1. The Balaban J connectivity index is 2.41. The molecular formula is C11H11NO2. The Labute approximate surface area is 82.4 Å². The van der Waals surface area contributed by atoms with E-state index < -0.39 is 0 Å². The molecule has 3 nitrogen and oxygen atoms in total. The van der Waals surface area contributed by atoms with Gasteiger partial charge in [-0.2, -0.15) is 0 Å². The first-order valence-electron chi connectivity index (χ1n) is 4.57. The first-order chi connectivity index (χ1) is 6.77. The predicted molar refractivity (Wildman–Crippen MR) is 53.9 cm³/mol. The lowest BCUT2D eigenvalue weighted by Gasteiger charge is -2.13. The molecule has 2 rings (SSSR count). The van der Waals surface area contributed by atoms with E-state index in [1.165, 1.54) is 6.92 Å². The van der Waals surface area contributed by atoms with E-state index >= 15 is 0 Å². The summed E-state index contributed by atoms with van der Waals surface area (Å²) in [6.45, 7) is 2.18. The minimum absolute atomic E-state index is 0.277. The lowest BCUT2D eigenvalue weighted by molar-refractivity contribution is -0.131. The van der Waals surface area contributed by atoms with Crippen LogP contribution in [0.3, 0.4) is 0 Å². The van der Waals surface area contributed by atoms with Crippen molar-refractivity contribution < 1.29 is 9.53 Å². The van der Waals surface area contributed by atoms with Crippen LogP contribution in [0.15, 0.2) is 23.2 Å². The molecule has 0 fully saturated rings. The van der Waals surface area contributed by atoms with Gasteiger partial charge in [-0.25, -0.2) is 0 Å². The second-order valence-electron chi connectivity index (χ2n) is 3.20. The Kier molecular flexibility index (Phi) is 2.31. The average Bonchev–Trinajstić information content (AvgIpc) is 2.18.